The molecule has 14 heteroatoms. The first-order valence-electron chi connectivity index (χ1n) is 11.2. The summed E-state index contributed by atoms with van der Waals surface area (Å²) in [6.45, 7) is 3.43. The van der Waals surface area contributed by atoms with Crippen LogP contribution in [-0.2, 0) is 0 Å². The Morgan fingerprint density at radius 1 is 1.11 bits per heavy atom. The van der Waals surface area contributed by atoms with Crippen molar-refractivity contribution in [2.75, 3.05) is 13.1 Å². The van der Waals surface area contributed by atoms with Gasteiger partial charge in [0, 0.05) is 18.7 Å². The van der Waals surface area contributed by atoms with Crippen molar-refractivity contribution in [2.24, 2.45) is 10.8 Å². The number of halogens is 3. The van der Waals surface area contributed by atoms with Crippen molar-refractivity contribution >= 4 is 18.2 Å². The number of nitrogens with zero attached hydrogens (tertiary/aromatic N) is 7. The second kappa shape index (κ2) is 9.19. The van der Waals surface area contributed by atoms with E-state index in [4.69, 9.17) is 10.5 Å². The average Bonchev–Trinajstić information content (AvgIpc) is 3.40. The zero-order chi connectivity index (χ0) is 26.4. The molecule has 3 aromatic rings. The summed E-state index contributed by atoms with van der Waals surface area (Å²) >= 11 is 0. The molecule has 37 heavy (non-hydrogen) atoms. The minimum absolute atomic E-state index is 0.0201. The minimum atomic E-state index is -0.817. The van der Waals surface area contributed by atoms with E-state index >= 15 is 0 Å². The van der Waals surface area contributed by atoms with E-state index in [1.807, 2.05) is 0 Å². The summed E-state index contributed by atoms with van der Waals surface area (Å²) in [5.74, 6) is -3.34. The molecule has 11 nitrogen and oxygen atoms in total. The molecule has 2 aromatic heterocycles. The van der Waals surface area contributed by atoms with Crippen molar-refractivity contribution in [3.63, 3.8) is 0 Å². The second-order valence-corrected chi connectivity index (χ2v) is 8.67. The highest BCUT2D eigenvalue weighted by Gasteiger charge is 2.39. The molecule has 3 amide bonds. The molecule has 2 N–H and O–H groups in total. The van der Waals surface area contributed by atoms with Crippen molar-refractivity contribution < 1.29 is 27.5 Å². The van der Waals surface area contributed by atoms with E-state index in [9.17, 15) is 22.8 Å². The molecule has 0 unspecified atom stereocenters. The lowest BCUT2D eigenvalue weighted by Gasteiger charge is -2.40. The van der Waals surface area contributed by atoms with Crippen LogP contribution in [0.2, 0.25) is 0 Å². The predicted molar refractivity (Wildman–Crippen MR) is 123 cm³/mol. The molecule has 192 valence electrons. The summed E-state index contributed by atoms with van der Waals surface area (Å²) in [6.07, 6.45) is 2.15. The second-order valence-electron chi connectivity index (χ2n) is 8.67. The third-order valence-electron chi connectivity index (χ3n) is 6.12. The number of hydrogen-bond acceptors (Lipinski definition) is 7. The van der Waals surface area contributed by atoms with Crippen LogP contribution in [0.1, 0.15) is 39.8 Å². The molecule has 4 heterocycles. The Balaban J connectivity index is 1.26. The zero-order valence-electron chi connectivity index (χ0n) is 19.7. The number of likely N-dealkylation sites (tertiary alicyclic amines) is 1. The SMILES string of the molecule is Cc1nn(-c2ncc(F)c(OC3CN(C(=O)N4N=CC[C@H]4c4cc(F)cc(F)c4)C3)n2)c(C)c1C(N)=O. The highest BCUT2D eigenvalue weighted by molar-refractivity contribution is 5.95. The van der Waals surface area contributed by atoms with Gasteiger partial charge >= 0.3 is 6.03 Å². The summed E-state index contributed by atoms with van der Waals surface area (Å²) < 4.78 is 48.7. The van der Waals surface area contributed by atoms with Gasteiger partial charge in [0.15, 0.2) is 0 Å². The number of aromatic nitrogens is 4. The number of amides is 3. The number of carbonyl (C=O) groups is 2. The molecule has 0 radical (unpaired) electrons. The fourth-order valence-electron chi connectivity index (χ4n) is 4.34. The van der Waals surface area contributed by atoms with Gasteiger partial charge in [-0.05, 0) is 31.5 Å². The van der Waals surface area contributed by atoms with E-state index in [2.05, 4.69) is 20.2 Å². The maximum Gasteiger partial charge on any atom is 0.341 e. The third kappa shape index (κ3) is 4.45. The van der Waals surface area contributed by atoms with Gasteiger partial charge in [-0.1, -0.05) is 0 Å². The standard InChI is InChI=1S/C23H21F3N8O3/c1-11-19(20(27)35)12(2)33(31-11)22-28-8-17(26)21(30-22)37-16-9-32(10-16)23(36)34-18(3-4-29-34)13-5-14(24)7-15(25)6-13/h4-8,16,18H,3,9-10H2,1-2H3,(H2,27,35)/t18-/m0/s1. The lowest BCUT2D eigenvalue weighted by molar-refractivity contribution is 0.0229. The summed E-state index contributed by atoms with van der Waals surface area (Å²) in [4.78, 5) is 34.1. The maximum absolute atomic E-state index is 14.4. The molecule has 2 aliphatic rings. The van der Waals surface area contributed by atoms with Crippen LogP contribution in [0.25, 0.3) is 5.95 Å². The van der Waals surface area contributed by atoms with Crippen molar-refractivity contribution in [3.8, 4) is 11.8 Å². The fraction of sp³-hybridized carbons (Fsp3) is 0.304. The van der Waals surface area contributed by atoms with Crippen LogP contribution in [0.3, 0.4) is 0 Å². The van der Waals surface area contributed by atoms with E-state index in [-0.39, 0.29) is 36.0 Å². The Morgan fingerprint density at radius 2 is 1.81 bits per heavy atom. The number of aryl methyl sites for hydroxylation is 1. The topological polar surface area (TPSA) is 132 Å². The molecule has 0 aliphatic carbocycles. The summed E-state index contributed by atoms with van der Waals surface area (Å²) in [6, 6.07) is 1.95. The lowest BCUT2D eigenvalue weighted by Crippen LogP contribution is -2.59. The number of hydrazone groups is 1. The van der Waals surface area contributed by atoms with Gasteiger partial charge in [0.25, 0.3) is 17.7 Å². The van der Waals surface area contributed by atoms with Crippen LogP contribution in [0.4, 0.5) is 18.0 Å². The first-order valence-corrected chi connectivity index (χ1v) is 11.2. The Bertz CT molecular complexity index is 1420. The fourth-order valence-corrected chi connectivity index (χ4v) is 4.34. The highest BCUT2D eigenvalue weighted by atomic mass is 19.1. The van der Waals surface area contributed by atoms with Gasteiger partial charge in [0.2, 0.25) is 5.82 Å². The van der Waals surface area contributed by atoms with Crippen LogP contribution in [0.15, 0.2) is 29.5 Å². The molecule has 0 saturated carbocycles. The van der Waals surface area contributed by atoms with E-state index in [1.54, 1.807) is 13.8 Å². The molecular formula is C23H21F3N8O3. The Kier molecular flexibility index (Phi) is 6.01. The van der Waals surface area contributed by atoms with Gasteiger partial charge in [0.05, 0.1) is 42.3 Å². The van der Waals surface area contributed by atoms with Crippen LogP contribution in [0, 0.1) is 31.3 Å². The first-order chi connectivity index (χ1) is 17.6. The van der Waals surface area contributed by atoms with Gasteiger partial charge in [-0.25, -0.2) is 28.3 Å². The number of primary amides is 1. The monoisotopic (exact) mass is 514 g/mol. The predicted octanol–water partition coefficient (Wildman–Crippen LogP) is 2.41. The van der Waals surface area contributed by atoms with E-state index in [0.29, 0.717) is 17.8 Å². The van der Waals surface area contributed by atoms with Crippen molar-refractivity contribution in [1.29, 1.82) is 0 Å². The van der Waals surface area contributed by atoms with Gasteiger partial charge in [0.1, 0.15) is 17.7 Å². The molecule has 0 bridgehead atoms. The van der Waals surface area contributed by atoms with Crippen LogP contribution in [0.5, 0.6) is 5.88 Å². The highest BCUT2D eigenvalue weighted by Crippen LogP contribution is 2.31. The number of ether oxygens (including phenoxy) is 1. The number of benzene rings is 1. The molecule has 1 fully saturated rings. The van der Waals surface area contributed by atoms with Crippen LogP contribution >= 0.6 is 0 Å². The van der Waals surface area contributed by atoms with Crippen LogP contribution in [-0.4, -0.2) is 67.0 Å². The third-order valence-corrected chi connectivity index (χ3v) is 6.12. The molecular weight excluding hydrogens is 493 g/mol. The number of rotatable bonds is 5. The zero-order valence-corrected chi connectivity index (χ0v) is 19.7. The Labute approximate surface area is 208 Å². The first kappa shape index (κ1) is 24.2. The minimum Gasteiger partial charge on any atom is -0.468 e. The van der Waals surface area contributed by atoms with E-state index < -0.39 is 41.5 Å². The van der Waals surface area contributed by atoms with Crippen molar-refractivity contribution in [1.82, 2.24) is 29.7 Å². The molecule has 5 rings (SSSR count). The van der Waals surface area contributed by atoms with E-state index in [0.717, 1.165) is 29.4 Å². The maximum atomic E-state index is 14.4. The van der Waals surface area contributed by atoms with E-state index in [1.165, 1.54) is 15.8 Å². The number of nitrogens with two attached hydrogens (primary N) is 1. The van der Waals surface area contributed by atoms with Gasteiger partial charge in [-0.3, -0.25) is 4.79 Å². The molecule has 0 spiro atoms. The van der Waals surface area contributed by atoms with Crippen LogP contribution < -0.4 is 10.5 Å². The molecule has 1 aromatic carbocycles. The number of carbonyl (C=O) groups excluding carboxylic acids is 2. The molecule has 2 aliphatic heterocycles. The smallest absolute Gasteiger partial charge is 0.341 e. The van der Waals surface area contributed by atoms with Crippen molar-refractivity contribution in [2.45, 2.75) is 32.4 Å². The lowest BCUT2D eigenvalue weighted by atomic mass is 10.0. The van der Waals surface area contributed by atoms with Gasteiger partial charge in [-0.2, -0.15) is 19.6 Å². The number of urea groups is 1. The summed E-state index contributed by atoms with van der Waals surface area (Å²) in [5, 5.41) is 9.42. The normalized spacial score (nSPS) is 17.3. The number of hydrogen-bond donors (Lipinski definition) is 1. The van der Waals surface area contributed by atoms with Gasteiger partial charge in [-0.15, -0.1) is 0 Å². The van der Waals surface area contributed by atoms with Crippen molar-refractivity contribution in [3.05, 3.63) is 64.4 Å². The largest absolute Gasteiger partial charge is 0.468 e. The average molecular weight is 514 g/mol. The Morgan fingerprint density at radius 3 is 2.46 bits per heavy atom. The van der Waals surface area contributed by atoms with Gasteiger partial charge < -0.3 is 15.4 Å². The summed E-state index contributed by atoms with van der Waals surface area (Å²) in [5.41, 5.74) is 6.66. The molecule has 1 saturated heterocycles. The quantitative estimate of drug-likeness (QED) is 0.556. The molecule has 1 atom stereocenters. The summed E-state index contributed by atoms with van der Waals surface area (Å²) in [7, 11) is 0. The Hall–Kier alpha value is -4.49.